The fourth-order valence-electron chi connectivity index (χ4n) is 1.97. The number of hydrogen-bond donors (Lipinski definition) is 1. The van der Waals surface area contributed by atoms with Gasteiger partial charge in [0.2, 0.25) is 0 Å². The van der Waals surface area contributed by atoms with Crippen LogP contribution in [0.25, 0.3) is 0 Å². The van der Waals surface area contributed by atoms with Gasteiger partial charge in [-0.3, -0.25) is 0 Å². The van der Waals surface area contributed by atoms with Crippen molar-refractivity contribution in [2.75, 3.05) is 38.2 Å². The zero-order valence-corrected chi connectivity index (χ0v) is 10.6. The Balaban J connectivity index is 2.14. The van der Waals surface area contributed by atoms with Crippen LogP contribution in [0.2, 0.25) is 0 Å². The molecule has 2 unspecified atom stereocenters. The summed E-state index contributed by atoms with van der Waals surface area (Å²) < 4.78 is 0. The molecule has 2 atom stereocenters. The standard InChI is InChI=1S/C11H24N2S/c1-4-12-7-10(2)8-13(3)11-5-6-14-9-11/h10-12H,4-9H2,1-3H3. The van der Waals surface area contributed by atoms with E-state index < -0.39 is 0 Å². The lowest BCUT2D eigenvalue weighted by Crippen LogP contribution is -2.37. The summed E-state index contributed by atoms with van der Waals surface area (Å²) in [7, 11) is 2.28. The second-order valence-corrected chi connectivity index (χ2v) is 5.52. The zero-order chi connectivity index (χ0) is 10.4. The van der Waals surface area contributed by atoms with Crippen LogP contribution in [0.1, 0.15) is 20.3 Å². The lowest BCUT2D eigenvalue weighted by molar-refractivity contribution is 0.226. The van der Waals surface area contributed by atoms with Crippen LogP contribution in [-0.2, 0) is 0 Å². The summed E-state index contributed by atoms with van der Waals surface area (Å²) in [6.45, 7) is 7.98. The molecule has 1 saturated heterocycles. The van der Waals surface area contributed by atoms with Crippen molar-refractivity contribution in [2.45, 2.75) is 26.3 Å². The molecule has 84 valence electrons. The maximum absolute atomic E-state index is 3.41. The Bertz CT molecular complexity index is 146. The van der Waals surface area contributed by atoms with Crippen molar-refractivity contribution in [1.29, 1.82) is 0 Å². The smallest absolute Gasteiger partial charge is 0.0191 e. The van der Waals surface area contributed by atoms with Crippen molar-refractivity contribution < 1.29 is 0 Å². The van der Waals surface area contributed by atoms with E-state index in [1.807, 2.05) is 0 Å². The zero-order valence-electron chi connectivity index (χ0n) is 9.75. The summed E-state index contributed by atoms with van der Waals surface area (Å²) in [5.41, 5.74) is 0. The largest absolute Gasteiger partial charge is 0.317 e. The van der Waals surface area contributed by atoms with Crippen molar-refractivity contribution >= 4 is 11.8 Å². The summed E-state index contributed by atoms with van der Waals surface area (Å²) in [5, 5.41) is 3.41. The van der Waals surface area contributed by atoms with E-state index in [1.54, 1.807) is 0 Å². The lowest BCUT2D eigenvalue weighted by atomic mass is 10.1. The molecule has 1 heterocycles. The van der Waals surface area contributed by atoms with Gasteiger partial charge in [0.25, 0.3) is 0 Å². The van der Waals surface area contributed by atoms with Crippen molar-refractivity contribution in [3.05, 3.63) is 0 Å². The summed E-state index contributed by atoms with van der Waals surface area (Å²) in [6, 6.07) is 0.837. The molecule has 0 aromatic carbocycles. The second kappa shape index (κ2) is 6.70. The number of thioether (sulfide) groups is 1. The molecular formula is C11H24N2S. The Morgan fingerprint density at radius 3 is 2.93 bits per heavy atom. The van der Waals surface area contributed by atoms with Crippen LogP contribution >= 0.6 is 11.8 Å². The lowest BCUT2D eigenvalue weighted by Gasteiger charge is -2.26. The van der Waals surface area contributed by atoms with E-state index in [2.05, 4.69) is 42.9 Å². The van der Waals surface area contributed by atoms with Gasteiger partial charge in [-0.15, -0.1) is 0 Å². The highest BCUT2D eigenvalue weighted by atomic mass is 32.2. The van der Waals surface area contributed by atoms with Gasteiger partial charge in [0.1, 0.15) is 0 Å². The molecule has 0 aromatic rings. The van der Waals surface area contributed by atoms with Gasteiger partial charge in [-0.1, -0.05) is 13.8 Å². The highest BCUT2D eigenvalue weighted by Gasteiger charge is 2.20. The van der Waals surface area contributed by atoms with Crippen LogP contribution in [0, 0.1) is 5.92 Å². The molecule has 1 aliphatic heterocycles. The monoisotopic (exact) mass is 216 g/mol. The van der Waals surface area contributed by atoms with Crippen molar-refractivity contribution in [3.8, 4) is 0 Å². The molecule has 0 radical (unpaired) electrons. The quantitative estimate of drug-likeness (QED) is 0.727. The Kier molecular flexibility index (Phi) is 5.90. The molecule has 1 rings (SSSR count). The second-order valence-electron chi connectivity index (χ2n) is 4.37. The van der Waals surface area contributed by atoms with E-state index >= 15 is 0 Å². The number of hydrogen-bond acceptors (Lipinski definition) is 3. The first-order valence-electron chi connectivity index (χ1n) is 5.72. The van der Waals surface area contributed by atoms with Gasteiger partial charge in [-0.2, -0.15) is 11.8 Å². The minimum Gasteiger partial charge on any atom is -0.317 e. The van der Waals surface area contributed by atoms with Crippen LogP contribution in [0.15, 0.2) is 0 Å². The van der Waals surface area contributed by atoms with E-state index in [-0.39, 0.29) is 0 Å². The van der Waals surface area contributed by atoms with E-state index in [1.165, 1.54) is 24.5 Å². The SMILES string of the molecule is CCNCC(C)CN(C)C1CCSC1. The molecule has 0 saturated carbocycles. The Labute approximate surface area is 92.8 Å². The van der Waals surface area contributed by atoms with Gasteiger partial charge < -0.3 is 10.2 Å². The fourth-order valence-corrected chi connectivity index (χ4v) is 3.26. The van der Waals surface area contributed by atoms with Gasteiger partial charge in [0.05, 0.1) is 0 Å². The van der Waals surface area contributed by atoms with Crippen molar-refractivity contribution in [2.24, 2.45) is 5.92 Å². The predicted octanol–water partition coefficient (Wildman–Crippen LogP) is 1.67. The Morgan fingerprint density at radius 2 is 2.36 bits per heavy atom. The molecule has 3 heteroatoms. The minimum atomic E-state index is 0.769. The summed E-state index contributed by atoms with van der Waals surface area (Å²) in [5.74, 6) is 3.46. The predicted molar refractivity (Wildman–Crippen MR) is 66.1 cm³/mol. The molecular weight excluding hydrogens is 192 g/mol. The van der Waals surface area contributed by atoms with Gasteiger partial charge in [-0.25, -0.2) is 0 Å². The third kappa shape index (κ3) is 4.20. The molecule has 0 amide bonds. The van der Waals surface area contributed by atoms with Crippen LogP contribution < -0.4 is 5.32 Å². The number of nitrogens with zero attached hydrogens (tertiary/aromatic N) is 1. The van der Waals surface area contributed by atoms with E-state index in [0.717, 1.165) is 25.0 Å². The highest BCUT2D eigenvalue weighted by molar-refractivity contribution is 7.99. The summed E-state index contributed by atoms with van der Waals surface area (Å²) >= 11 is 2.10. The van der Waals surface area contributed by atoms with E-state index in [9.17, 15) is 0 Å². The maximum Gasteiger partial charge on any atom is 0.0191 e. The van der Waals surface area contributed by atoms with Crippen LogP contribution in [0.5, 0.6) is 0 Å². The highest BCUT2D eigenvalue weighted by Crippen LogP contribution is 2.21. The first-order chi connectivity index (χ1) is 6.74. The van der Waals surface area contributed by atoms with E-state index in [0.29, 0.717) is 0 Å². The molecule has 1 aliphatic rings. The molecule has 0 aromatic heterocycles. The molecule has 14 heavy (non-hydrogen) atoms. The van der Waals surface area contributed by atoms with Crippen molar-refractivity contribution in [1.82, 2.24) is 10.2 Å². The molecule has 0 spiro atoms. The van der Waals surface area contributed by atoms with Crippen LogP contribution in [-0.4, -0.2) is 49.1 Å². The molecule has 1 fully saturated rings. The minimum absolute atomic E-state index is 0.769. The maximum atomic E-state index is 3.41. The fraction of sp³-hybridized carbons (Fsp3) is 1.00. The van der Waals surface area contributed by atoms with Gasteiger partial charge in [-0.05, 0) is 38.2 Å². The average Bonchev–Trinajstić information content (AvgIpc) is 2.67. The first kappa shape index (κ1) is 12.3. The molecule has 1 N–H and O–H groups in total. The van der Waals surface area contributed by atoms with Crippen molar-refractivity contribution in [3.63, 3.8) is 0 Å². The van der Waals surface area contributed by atoms with Crippen LogP contribution in [0.4, 0.5) is 0 Å². The normalized spacial score (nSPS) is 24.4. The van der Waals surface area contributed by atoms with Crippen LogP contribution in [0.3, 0.4) is 0 Å². The Hall–Kier alpha value is 0.270. The van der Waals surface area contributed by atoms with E-state index in [4.69, 9.17) is 0 Å². The summed E-state index contributed by atoms with van der Waals surface area (Å²) in [6.07, 6.45) is 1.38. The van der Waals surface area contributed by atoms with Gasteiger partial charge >= 0.3 is 0 Å². The van der Waals surface area contributed by atoms with Gasteiger partial charge in [0.15, 0.2) is 0 Å². The Morgan fingerprint density at radius 1 is 1.57 bits per heavy atom. The molecule has 0 bridgehead atoms. The van der Waals surface area contributed by atoms with Gasteiger partial charge in [0, 0.05) is 18.3 Å². The third-order valence-electron chi connectivity index (χ3n) is 2.87. The topological polar surface area (TPSA) is 15.3 Å². The number of nitrogens with one attached hydrogen (secondary N) is 1. The molecule has 0 aliphatic carbocycles. The average molecular weight is 216 g/mol. The summed E-state index contributed by atoms with van der Waals surface area (Å²) in [4.78, 5) is 2.54. The number of rotatable bonds is 6. The molecule has 2 nitrogen and oxygen atoms in total. The third-order valence-corrected chi connectivity index (χ3v) is 4.02. The first-order valence-corrected chi connectivity index (χ1v) is 6.88.